The Labute approximate surface area is 231 Å². The average Bonchev–Trinajstić information content (AvgIpc) is 3.23. The highest BCUT2D eigenvalue weighted by atomic mass is 32.2. The lowest BCUT2D eigenvalue weighted by Gasteiger charge is -2.59. The van der Waals surface area contributed by atoms with Crippen molar-refractivity contribution in [3.05, 3.63) is 53.1 Å². The lowest BCUT2D eigenvalue weighted by Crippen LogP contribution is -2.53. The highest BCUT2D eigenvalue weighted by Gasteiger charge is 2.57. The smallest absolute Gasteiger partial charge is 0.297 e. The van der Waals surface area contributed by atoms with E-state index in [1.807, 2.05) is 13.0 Å². The standard InChI is InChI=1S/C33H48O4S/c1-22(12-13-23(2)37-38(35,36)24-10-8-7-9-11-24)26-15-16-27-25-14-17-29-31(3,4)30(34)19-21-33(29,6)28(25)18-20-32(26,27)5/h7-11,16,22-23,26,29-30,34H,12-15,17-21H2,1-6H3/t22-,23?,26-,29+,30?,32-,33-/m1/s1. The Hall–Kier alpha value is -1.43. The van der Waals surface area contributed by atoms with Crippen LogP contribution in [0.5, 0.6) is 0 Å². The number of aliphatic hydroxyl groups is 1. The van der Waals surface area contributed by atoms with Gasteiger partial charge in [-0.1, -0.05) is 64.5 Å². The van der Waals surface area contributed by atoms with E-state index < -0.39 is 10.1 Å². The van der Waals surface area contributed by atoms with Crippen molar-refractivity contribution < 1.29 is 17.7 Å². The third-order valence-electron chi connectivity index (χ3n) is 11.5. The first-order valence-electron chi connectivity index (χ1n) is 14.9. The van der Waals surface area contributed by atoms with Crippen LogP contribution in [0, 0.1) is 34.0 Å². The predicted molar refractivity (Wildman–Crippen MR) is 153 cm³/mol. The van der Waals surface area contributed by atoms with Crippen LogP contribution >= 0.6 is 0 Å². The Balaban J connectivity index is 1.27. The summed E-state index contributed by atoms with van der Waals surface area (Å²) in [4.78, 5) is 0.225. The molecule has 1 N–H and O–H groups in total. The van der Waals surface area contributed by atoms with E-state index in [0.717, 1.165) is 38.5 Å². The zero-order valence-corrected chi connectivity index (χ0v) is 25.1. The molecule has 1 aromatic carbocycles. The Kier molecular flexibility index (Phi) is 7.31. The lowest BCUT2D eigenvalue weighted by atomic mass is 9.46. The quantitative estimate of drug-likeness (QED) is 0.358. The van der Waals surface area contributed by atoms with Crippen LogP contribution in [-0.2, 0) is 14.3 Å². The molecule has 1 saturated carbocycles. The van der Waals surface area contributed by atoms with Crippen molar-refractivity contribution in [2.24, 2.45) is 34.0 Å². The van der Waals surface area contributed by atoms with E-state index in [-0.39, 0.29) is 33.3 Å². The van der Waals surface area contributed by atoms with E-state index >= 15 is 0 Å². The van der Waals surface area contributed by atoms with Crippen molar-refractivity contribution in [2.75, 3.05) is 0 Å². The van der Waals surface area contributed by atoms with Crippen LogP contribution < -0.4 is 0 Å². The second-order valence-corrected chi connectivity index (χ2v) is 15.5. The molecule has 4 nitrogen and oxygen atoms in total. The topological polar surface area (TPSA) is 63.6 Å². The van der Waals surface area contributed by atoms with Crippen LogP contribution in [-0.4, -0.2) is 25.7 Å². The second kappa shape index (κ2) is 9.89. The van der Waals surface area contributed by atoms with Gasteiger partial charge in [0.05, 0.1) is 17.1 Å². The van der Waals surface area contributed by atoms with Gasteiger partial charge in [0.1, 0.15) is 0 Å². The summed E-state index contributed by atoms with van der Waals surface area (Å²) >= 11 is 0. The maximum Gasteiger partial charge on any atom is 0.297 e. The molecule has 0 amide bonds. The molecule has 0 aliphatic heterocycles. The number of hydrogen-bond donors (Lipinski definition) is 1. The van der Waals surface area contributed by atoms with Gasteiger partial charge in [-0.3, -0.25) is 4.18 Å². The normalized spacial score (nSPS) is 36.1. The summed E-state index contributed by atoms with van der Waals surface area (Å²) in [6.07, 6.45) is 11.6. The molecule has 0 radical (unpaired) electrons. The lowest BCUT2D eigenvalue weighted by molar-refractivity contribution is -0.0905. The highest BCUT2D eigenvalue weighted by molar-refractivity contribution is 7.86. The summed E-state index contributed by atoms with van der Waals surface area (Å²) in [6.45, 7) is 13.8. The van der Waals surface area contributed by atoms with Crippen molar-refractivity contribution in [3.63, 3.8) is 0 Å². The maximum absolute atomic E-state index is 12.7. The summed E-state index contributed by atoms with van der Waals surface area (Å²) in [7, 11) is -3.73. The van der Waals surface area contributed by atoms with E-state index in [1.165, 1.54) is 19.3 Å². The minimum atomic E-state index is -3.73. The molecule has 4 aliphatic rings. The fourth-order valence-corrected chi connectivity index (χ4v) is 10.3. The molecule has 2 unspecified atom stereocenters. The Bertz CT molecular complexity index is 1210. The largest absolute Gasteiger partial charge is 0.393 e. The average molecular weight is 541 g/mol. The molecular formula is C33H48O4S. The number of rotatable bonds is 7. The summed E-state index contributed by atoms with van der Waals surface area (Å²) in [5.74, 6) is 1.63. The molecule has 1 fully saturated rings. The fourth-order valence-electron chi connectivity index (χ4n) is 9.18. The SMILES string of the molecule is CC(CC[C@@H](C)[C@H]1CC=C2C3=C(CC[C@@]21C)[C@@]1(C)CCC(O)C(C)(C)[C@@H]1CC3)OS(=O)(=O)c1ccccc1. The van der Waals surface area contributed by atoms with E-state index in [9.17, 15) is 13.5 Å². The van der Waals surface area contributed by atoms with Gasteiger partial charge in [-0.15, -0.1) is 0 Å². The van der Waals surface area contributed by atoms with Crippen LogP contribution in [0.1, 0.15) is 99.3 Å². The van der Waals surface area contributed by atoms with E-state index in [0.29, 0.717) is 17.8 Å². The zero-order chi connectivity index (χ0) is 27.5. The molecule has 1 aromatic rings. The van der Waals surface area contributed by atoms with Crippen LogP contribution in [0.3, 0.4) is 0 Å². The van der Waals surface area contributed by atoms with Gasteiger partial charge in [0.15, 0.2) is 0 Å². The summed E-state index contributed by atoms with van der Waals surface area (Å²) in [5, 5.41) is 10.8. The molecule has 0 bridgehead atoms. The van der Waals surface area contributed by atoms with Gasteiger partial charge < -0.3 is 5.11 Å². The summed E-state index contributed by atoms with van der Waals surface area (Å²) in [6, 6.07) is 8.45. The molecule has 0 heterocycles. The van der Waals surface area contributed by atoms with Crippen LogP contribution in [0.15, 0.2) is 58.0 Å². The van der Waals surface area contributed by atoms with E-state index in [4.69, 9.17) is 4.18 Å². The minimum Gasteiger partial charge on any atom is -0.393 e. The van der Waals surface area contributed by atoms with Crippen molar-refractivity contribution in [1.29, 1.82) is 0 Å². The highest BCUT2D eigenvalue weighted by Crippen LogP contribution is 2.66. The van der Waals surface area contributed by atoms with Gasteiger partial charge in [-0.25, -0.2) is 0 Å². The number of aliphatic hydroxyl groups excluding tert-OH is 1. The fraction of sp³-hybridized carbons (Fsp3) is 0.697. The van der Waals surface area contributed by atoms with Gasteiger partial charge in [-0.05, 0) is 122 Å². The van der Waals surface area contributed by atoms with Crippen LogP contribution in [0.2, 0.25) is 0 Å². The second-order valence-electron chi connectivity index (χ2n) is 13.9. The molecule has 38 heavy (non-hydrogen) atoms. The summed E-state index contributed by atoms with van der Waals surface area (Å²) < 4.78 is 30.9. The van der Waals surface area contributed by atoms with Gasteiger partial charge in [0.2, 0.25) is 0 Å². The predicted octanol–water partition coefficient (Wildman–Crippen LogP) is 7.84. The van der Waals surface area contributed by atoms with Gasteiger partial charge in [0.25, 0.3) is 10.1 Å². The third-order valence-corrected chi connectivity index (χ3v) is 12.9. The Morgan fingerprint density at radius 3 is 2.39 bits per heavy atom. The molecule has 210 valence electrons. The first-order chi connectivity index (χ1) is 17.8. The van der Waals surface area contributed by atoms with Crippen molar-refractivity contribution >= 4 is 10.1 Å². The molecule has 5 heteroatoms. The molecule has 0 saturated heterocycles. The molecule has 0 spiro atoms. The van der Waals surface area contributed by atoms with E-state index in [1.54, 1.807) is 41.0 Å². The molecule has 5 rings (SSSR count). The third kappa shape index (κ3) is 4.55. The number of fused-ring (bicyclic) bond motifs is 4. The van der Waals surface area contributed by atoms with Crippen molar-refractivity contribution in [1.82, 2.24) is 0 Å². The summed E-state index contributed by atoms with van der Waals surface area (Å²) in [5.41, 5.74) is 5.36. The van der Waals surface area contributed by atoms with Crippen LogP contribution in [0.25, 0.3) is 0 Å². The zero-order valence-electron chi connectivity index (χ0n) is 24.3. The van der Waals surface area contributed by atoms with Crippen molar-refractivity contribution in [2.45, 2.75) is 116 Å². The van der Waals surface area contributed by atoms with Crippen LogP contribution in [0.4, 0.5) is 0 Å². The minimum absolute atomic E-state index is 0.0276. The maximum atomic E-state index is 12.7. The molecule has 7 atom stereocenters. The number of allylic oxidation sites excluding steroid dienone is 4. The molecule has 0 aromatic heterocycles. The number of hydrogen-bond acceptors (Lipinski definition) is 4. The van der Waals surface area contributed by atoms with Gasteiger partial charge in [0, 0.05) is 0 Å². The Morgan fingerprint density at radius 1 is 0.974 bits per heavy atom. The first kappa shape index (κ1) is 28.1. The Morgan fingerprint density at radius 2 is 1.68 bits per heavy atom. The van der Waals surface area contributed by atoms with Gasteiger partial charge in [-0.2, -0.15) is 8.42 Å². The monoisotopic (exact) mass is 540 g/mol. The first-order valence-corrected chi connectivity index (χ1v) is 16.3. The molecule has 4 aliphatic carbocycles. The van der Waals surface area contributed by atoms with E-state index in [2.05, 4.69) is 40.7 Å². The van der Waals surface area contributed by atoms with Crippen molar-refractivity contribution in [3.8, 4) is 0 Å². The molecular weight excluding hydrogens is 492 g/mol. The van der Waals surface area contributed by atoms with Gasteiger partial charge >= 0.3 is 0 Å². The number of benzene rings is 1.